The molecule has 1 heterocycles. The van der Waals surface area contributed by atoms with Crippen LogP contribution in [0.1, 0.15) is 131 Å². The van der Waals surface area contributed by atoms with Crippen molar-refractivity contribution in [2.75, 3.05) is 39.3 Å². The molecule has 0 bridgehead atoms. The molecule has 32 heteroatoms. The summed E-state index contributed by atoms with van der Waals surface area (Å²) in [4.78, 5) is 150. The maximum Gasteiger partial charge on any atom is 0.243 e. The van der Waals surface area contributed by atoms with Crippen LogP contribution in [-0.4, -0.2) is 187 Å². The minimum absolute atomic E-state index is 0.00579. The molecule has 1 saturated heterocycles. The van der Waals surface area contributed by atoms with E-state index >= 15 is 0 Å². The first kappa shape index (κ1) is 72.4. The first-order valence-corrected chi connectivity index (χ1v) is 27.9. The number of guanidine groups is 3. The number of hydrogen-bond donors (Lipinski definition) is 18. The first-order valence-electron chi connectivity index (χ1n) is 27.9. The van der Waals surface area contributed by atoms with E-state index in [1.54, 1.807) is 13.8 Å². The molecule has 11 atom stereocenters. The Morgan fingerprint density at radius 1 is 0.500 bits per heavy atom. The van der Waals surface area contributed by atoms with E-state index in [1.807, 2.05) is 0 Å². The van der Waals surface area contributed by atoms with Gasteiger partial charge in [-0.2, -0.15) is 0 Å². The molecule has 0 unspecified atom stereocenters. The summed E-state index contributed by atoms with van der Waals surface area (Å²) < 4.78 is 0. The molecule has 10 amide bonds. The van der Waals surface area contributed by atoms with Crippen LogP contribution in [0.2, 0.25) is 0 Å². The number of nitrogens with two attached hydrogens (primary N) is 9. The number of nitrogens with zero attached hydrogens (tertiary/aromatic N) is 4. The monoisotopic (exact) mass is 1170 g/mol. The lowest BCUT2D eigenvalue weighted by atomic mass is 9.96. The smallest absolute Gasteiger partial charge is 0.243 e. The molecule has 32 nitrogen and oxygen atoms in total. The van der Waals surface area contributed by atoms with Gasteiger partial charge in [0.1, 0.15) is 54.4 Å². The summed E-state index contributed by atoms with van der Waals surface area (Å²) in [6, 6.07) is -11.5. The van der Waals surface area contributed by atoms with Crippen molar-refractivity contribution in [3.63, 3.8) is 0 Å². The molecule has 0 aromatic rings. The van der Waals surface area contributed by atoms with Gasteiger partial charge in [-0.05, 0) is 123 Å². The molecular weight excluding hydrogens is 1070 g/mol. The molecule has 1 rings (SSSR count). The molecule has 27 N–H and O–H groups in total. The number of nitrogens with one attached hydrogen (secondary N) is 8. The van der Waals surface area contributed by atoms with Gasteiger partial charge in [-0.1, -0.05) is 20.3 Å². The fourth-order valence-electron chi connectivity index (χ4n) is 8.65. The summed E-state index contributed by atoms with van der Waals surface area (Å²) in [5.74, 6) is -8.81. The largest absolute Gasteiger partial charge is 0.391 e. The number of aliphatic hydroxyl groups excluding tert-OH is 1. The van der Waals surface area contributed by atoms with Crippen molar-refractivity contribution in [2.45, 2.75) is 191 Å². The first-order chi connectivity index (χ1) is 38.7. The highest BCUT2D eigenvalue weighted by Gasteiger charge is 2.37. The van der Waals surface area contributed by atoms with Gasteiger partial charge in [0.25, 0.3) is 0 Å². The fourth-order valence-corrected chi connectivity index (χ4v) is 8.65. The van der Waals surface area contributed by atoms with Crippen molar-refractivity contribution >= 4 is 77.0 Å². The van der Waals surface area contributed by atoms with Gasteiger partial charge in [0.2, 0.25) is 59.1 Å². The molecule has 0 spiro atoms. The SMILES string of the molecule is CC[C@H](C)[C@H](NC(=O)[C@H](CCCN=C(N)N)NC(=O)[C@H](C)NC(=O)[C@@H]1CCCN1C(C)=O)C(=O)N[C@@H](CCCN=C(N)N)C(=O)N[C@@H](CCCCN)C(=O)N[C@@H](CCCCN)C(=O)N[C@@H](CCCN=C(N)N)C(=O)N[C@H](C(N)=O)[C@@H](C)O. The summed E-state index contributed by atoms with van der Waals surface area (Å²) in [6.07, 6.45) is 1.77. The average Bonchev–Trinajstić information content (AvgIpc) is 4.03. The number of aliphatic imine (C=N–C) groups is 3. The lowest BCUT2D eigenvalue weighted by Gasteiger charge is -2.30. The Labute approximate surface area is 479 Å². The number of unbranched alkanes of at least 4 members (excludes halogenated alkanes) is 2. The molecule has 1 aliphatic rings. The molecule has 1 aliphatic heterocycles. The lowest BCUT2D eigenvalue weighted by molar-refractivity contribution is -0.138. The average molecular weight is 1170 g/mol. The molecule has 82 heavy (non-hydrogen) atoms. The molecule has 466 valence electrons. The number of amides is 10. The van der Waals surface area contributed by atoms with E-state index < -0.39 is 120 Å². The summed E-state index contributed by atoms with van der Waals surface area (Å²) in [5, 5.41) is 31.2. The quantitative estimate of drug-likeness (QED) is 0.0154. The van der Waals surface area contributed by atoms with Crippen molar-refractivity contribution in [1.82, 2.24) is 47.4 Å². The standard InChI is InChI=1S/C50H95N21O11/c1-6-27(2)37(69-44(79)34(18-12-24-61-49(56)57)64-40(75)28(3)63-46(81)36-20-14-26-71(36)30(5)73)47(82)68-33(17-11-23-60-48(54)55)43(78)66-31(15-7-9-21-51)41(76)65-32(16-8-10-22-52)42(77)67-35(19-13-25-62-50(58)59)45(80)70-38(29(4)72)39(53)74/h27-29,31-38,72H,6-26,51-52H2,1-5H3,(H2,53,74)(H,63,81)(H,64,75)(H,65,76)(H,66,78)(H,67,77)(H,68,82)(H,69,79)(H,70,80)(H4,54,55,60)(H4,56,57,61)(H4,58,59,62)/t27-,28-,29+,31-,32-,33-,34-,35-,36-,37-,38-/m0/s1. The minimum Gasteiger partial charge on any atom is -0.391 e. The van der Waals surface area contributed by atoms with Crippen LogP contribution in [0.4, 0.5) is 0 Å². The Balaban J connectivity index is 3.63. The van der Waals surface area contributed by atoms with Crippen LogP contribution in [0.25, 0.3) is 0 Å². The van der Waals surface area contributed by atoms with Gasteiger partial charge in [-0.15, -0.1) is 0 Å². The summed E-state index contributed by atoms with van der Waals surface area (Å²) >= 11 is 0. The van der Waals surface area contributed by atoms with Gasteiger partial charge in [-0.3, -0.25) is 62.9 Å². The summed E-state index contributed by atoms with van der Waals surface area (Å²) in [6.45, 7) is 8.46. The molecule has 0 aromatic carbocycles. The zero-order valence-electron chi connectivity index (χ0n) is 48.2. The van der Waals surface area contributed by atoms with Crippen LogP contribution >= 0.6 is 0 Å². The Morgan fingerprint density at radius 2 is 0.854 bits per heavy atom. The number of likely N-dealkylation sites (tertiary alicyclic amines) is 1. The molecule has 0 radical (unpaired) electrons. The topological polar surface area (TPSA) is 562 Å². The van der Waals surface area contributed by atoms with Crippen molar-refractivity contribution in [3.8, 4) is 0 Å². The number of hydrogen-bond acceptors (Lipinski definition) is 16. The lowest BCUT2D eigenvalue weighted by Crippen LogP contribution is -2.61. The molecule has 0 aliphatic carbocycles. The number of carbonyl (C=O) groups excluding carboxylic acids is 10. The second-order valence-electron chi connectivity index (χ2n) is 20.3. The van der Waals surface area contributed by atoms with Gasteiger partial charge in [0.15, 0.2) is 17.9 Å². The van der Waals surface area contributed by atoms with Crippen LogP contribution in [0.3, 0.4) is 0 Å². The van der Waals surface area contributed by atoms with E-state index in [-0.39, 0.29) is 108 Å². The van der Waals surface area contributed by atoms with E-state index in [2.05, 4.69) is 57.5 Å². The van der Waals surface area contributed by atoms with Crippen molar-refractivity contribution < 1.29 is 53.1 Å². The third-order valence-electron chi connectivity index (χ3n) is 13.5. The zero-order chi connectivity index (χ0) is 62.1. The normalized spacial score (nSPS) is 16.5. The van der Waals surface area contributed by atoms with E-state index in [9.17, 15) is 53.1 Å². The van der Waals surface area contributed by atoms with Crippen LogP contribution in [0, 0.1) is 5.92 Å². The number of aliphatic hydroxyl groups is 1. The second kappa shape index (κ2) is 38.9. The van der Waals surface area contributed by atoms with Crippen LogP contribution < -0.4 is 94.1 Å². The Hall–Kier alpha value is -7.61. The van der Waals surface area contributed by atoms with Gasteiger partial charge in [-0.25, -0.2) is 0 Å². The highest BCUT2D eigenvalue weighted by Crippen LogP contribution is 2.18. The third kappa shape index (κ3) is 27.7. The van der Waals surface area contributed by atoms with Crippen molar-refractivity contribution in [2.24, 2.45) is 72.5 Å². The van der Waals surface area contributed by atoms with Gasteiger partial charge < -0.3 is 104 Å². The maximum absolute atomic E-state index is 14.5. The Bertz CT molecular complexity index is 2190. The van der Waals surface area contributed by atoms with Crippen molar-refractivity contribution in [1.29, 1.82) is 0 Å². The van der Waals surface area contributed by atoms with Gasteiger partial charge >= 0.3 is 0 Å². The third-order valence-corrected chi connectivity index (χ3v) is 13.5. The van der Waals surface area contributed by atoms with Gasteiger partial charge in [0, 0.05) is 33.1 Å². The highest BCUT2D eigenvalue weighted by molar-refractivity contribution is 5.98. The summed E-state index contributed by atoms with van der Waals surface area (Å²) in [5.41, 5.74) is 50.0. The molecular formula is C50H95N21O11. The molecule has 0 saturated carbocycles. The number of rotatable bonds is 40. The number of primary amides is 1. The Morgan fingerprint density at radius 3 is 1.20 bits per heavy atom. The van der Waals surface area contributed by atoms with Gasteiger partial charge in [0.05, 0.1) is 6.10 Å². The second-order valence-corrected chi connectivity index (χ2v) is 20.3. The Kier molecular flexibility index (Phi) is 34.4. The van der Waals surface area contributed by atoms with Crippen LogP contribution in [-0.2, 0) is 47.9 Å². The van der Waals surface area contributed by atoms with Crippen molar-refractivity contribution in [3.05, 3.63) is 0 Å². The number of carbonyl (C=O) groups is 10. The summed E-state index contributed by atoms with van der Waals surface area (Å²) in [7, 11) is 0. The van der Waals surface area contributed by atoms with Crippen LogP contribution in [0.5, 0.6) is 0 Å². The van der Waals surface area contributed by atoms with E-state index in [0.717, 1.165) is 0 Å². The van der Waals surface area contributed by atoms with E-state index in [0.29, 0.717) is 51.5 Å². The maximum atomic E-state index is 14.5. The fraction of sp³-hybridized carbons (Fsp3) is 0.740. The predicted molar refractivity (Wildman–Crippen MR) is 307 cm³/mol. The zero-order valence-corrected chi connectivity index (χ0v) is 48.2. The minimum atomic E-state index is -1.52. The molecule has 1 fully saturated rings. The van der Waals surface area contributed by atoms with E-state index in [4.69, 9.17) is 51.6 Å². The molecule has 0 aromatic heterocycles. The highest BCUT2D eigenvalue weighted by atomic mass is 16.3. The van der Waals surface area contributed by atoms with E-state index in [1.165, 1.54) is 25.7 Å². The van der Waals surface area contributed by atoms with Crippen LogP contribution in [0.15, 0.2) is 15.0 Å². The predicted octanol–water partition coefficient (Wildman–Crippen LogP) is -6.77.